The molecule has 108 heavy (non-hydrogen) atoms. The summed E-state index contributed by atoms with van der Waals surface area (Å²) >= 11 is 0. The van der Waals surface area contributed by atoms with Gasteiger partial charge >= 0.3 is 29.8 Å². The standard InChI is InChI=1S/C65H98N4O19.2C5H9NO4/c1-41-17-15-13-11-9-7-5-6-8-10-12-14-16-18-53(86-64-61(82)59(66)60(81)43(3)85-64)38-56-58(63(83)69-27-25-68(26-28-69)29-30-70)55(79)40-65(84,88-56)39-52(77)35-50(75)33-48(73)31-47(72)32-49(74)34-51(76)37-57(80)87-62(41)42(2)19-24-46(71)36-54(78)44-20-22-45(67-4)23-21-44;2*1-6-3(5(9)10)2-4(7)8/h5-18,20-23,41-43,46-48,50-53,55-56,58-62,64,67,70-73,75-77,79,81-82,84H,19,24-40,66H2,1-4H3;2*3,6H,2H2,1H3,(H,7,8)(H,9,10)/p+1/b6-5+,9-7+,10-8+,13-11+,14-12+,17-15-,18-16+;;/t41?,42?,43-,46?,47?,48?,50?,51?,52?,53?,55?,56?,58?,59+,60-,61+,62?,64+,65?;;/m1../s1. The van der Waals surface area contributed by atoms with Crippen LogP contribution in [0.2, 0.25) is 0 Å². The van der Waals surface area contributed by atoms with Crippen LogP contribution in [0.25, 0.3) is 0 Å². The SMILES string of the molecule is CNC(CC(=O)O)C(=O)O.CNC(CC(=O)O)C(=O)O.CNc1ccc(C(=O)CC(O)CCC(C)C2OC(=O)CC(O)CC(=O)CC(O)CC(O)CC(O)CC(O)CC3(O)CC(O)C(C(=O)N4CCN(CCO)CC4)C(CC(O[C@@H]4O[C@H](C)[C@@H](O)[C@H]([NH3+])[C@@H]4O)/C=C/C=C/C=C/C=C/C=C/C=C/C=C\C2C)O3)cc1. The number of carboxylic acid groups (broad SMARTS) is 4. The Kier molecular flexibility index (Phi) is 43.7. The van der Waals surface area contributed by atoms with E-state index in [-0.39, 0.29) is 69.4 Å². The maximum absolute atomic E-state index is 14.5. The number of nitrogens with one attached hydrogen (secondary N) is 3. The van der Waals surface area contributed by atoms with Crippen LogP contribution in [0.5, 0.6) is 0 Å². The number of hydrogen-bond donors (Lipinski definition) is 19. The maximum Gasteiger partial charge on any atom is 0.321 e. The number of esters is 1. The number of rotatable bonds is 21. The van der Waals surface area contributed by atoms with Gasteiger partial charge in [-0.05, 0) is 83.3 Å². The zero-order valence-corrected chi connectivity index (χ0v) is 62.3. The zero-order chi connectivity index (χ0) is 80.8. The Bertz CT molecular complexity index is 3110. The molecule has 0 radical (unpaired) electrons. The van der Waals surface area contributed by atoms with E-state index < -0.39 is 208 Å². The van der Waals surface area contributed by atoms with Crippen molar-refractivity contribution in [2.75, 3.05) is 65.8 Å². The largest absolute Gasteiger partial charge is 0.481 e. The van der Waals surface area contributed by atoms with Crippen LogP contribution in [0, 0.1) is 17.8 Å². The van der Waals surface area contributed by atoms with Gasteiger partial charge in [0.15, 0.2) is 24.0 Å². The number of amides is 1. The van der Waals surface area contributed by atoms with Crippen molar-refractivity contribution in [3.63, 3.8) is 0 Å². The number of Topliss-reactive ketones (excluding diaryl/α,β-unsaturated/α-hetero) is 2. The number of carbonyl (C=O) groups is 8. The number of aliphatic hydroxyl groups excluding tert-OH is 10. The lowest BCUT2D eigenvalue weighted by Gasteiger charge is -2.47. The molecular weight excluding hydrogens is 1420 g/mol. The molecule has 0 saturated carbocycles. The van der Waals surface area contributed by atoms with Crippen molar-refractivity contribution in [1.82, 2.24) is 20.4 Å². The van der Waals surface area contributed by atoms with Crippen molar-refractivity contribution in [3.8, 4) is 0 Å². The molecule has 1 aromatic rings. The molecule has 0 spiro atoms. The highest BCUT2D eigenvalue weighted by atomic mass is 16.7. The Hall–Kier alpha value is -7.36. The van der Waals surface area contributed by atoms with Crippen molar-refractivity contribution in [2.24, 2.45) is 17.8 Å². The monoisotopic (exact) mass is 1530 g/mol. The lowest BCUT2D eigenvalue weighted by Crippen LogP contribution is -2.78. The lowest BCUT2D eigenvalue weighted by molar-refractivity contribution is -0.488. The summed E-state index contributed by atoms with van der Waals surface area (Å²) in [5.41, 5.74) is 5.22. The van der Waals surface area contributed by atoms with Gasteiger partial charge in [-0.2, -0.15) is 0 Å². The quantitative estimate of drug-likeness (QED) is 0.0537. The third-order valence-electron chi connectivity index (χ3n) is 18.6. The van der Waals surface area contributed by atoms with Crippen LogP contribution in [-0.2, 0) is 52.5 Å². The number of ether oxygens (including phenoxy) is 4. The van der Waals surface area contributed by atoms with Gasteiger partial charge in [0.25, 0.3) is 0 Å². The normalized spacial score (nSPS) is 32.4. The average molecular weight is 1530 g/mol. The molecule has 4 heterocycles. The van der Waals surface area contributed by atoms with Crippen LogP contribution in [0.4, 0.5) is 5.69 Å². The first-order valence-electron chi connectivity index (χ1n) is 36.3. The first-order valence-corrected chi connectivity index (χ1v) is 36.3. The third-order valence-corrected chi connectivity index (χ3v) is 18.6. The maximum atomic E-state index is 14.5. The second-order valence-corrected chi connectivity index (χ2v) is 27.6. The van der Waals surface area contributed by atoms with Gasteiger partial charge in [-0.15, -0.1) is 0 Å². The minimum Gasteiger partial charge on any atom is -0.481 e. The Morgan fingerprint density at radius 2 is 1.15 bits per heavy atom. The Morgan fingerprint density at radius 1 is 0.639 bits per heavy atom. The molecule has 4 aliphatic heterocycles. The highest BCUT2D eigenvalue weighted by molar-refractivity contribution is 5.96. The molecule has 0 aliphatic carbocycles. The molecule has 608 valence electrons. The van der Waals surface area contributed by atoms with E-state index in [1.165, 1.54) is 14.1 Å². The number of quaternary nitrogens is 1. The van der Waals surface area contributed by atoms with Gasteiger partial charge in [-0.1, -0.05) is 98.9 Å². The van der Waals surface area contributed by atoms with Crippen LogP contribution < -0.4 is 21.7 Å². The fourth-order valence-electron chi connectivity index (χ4n) is 12.6. The smallest absolute Gasteiger partial charge is 0.321 e. The Balaban J connectivity index is 0.00000132. The fourth-order valence-corrected chi connectivity index (χ4v) is 12.6. The van der Waals surface area contributed by atoms with Gasteiger partial charge in [-0.3, -0.25) is 43.3 Å². The molecular formula is C75H117N6O27+. The molecule has 33 heteroatoms. The van der Waals surface area contributed by atoms with E-state index in [2.05, 4.69) is 21.7 Å². The van der Waals surface area contributed by atoms with Gasteiger partial charge in [0.1, 0.15) is 36.1 Å². The summed E-state index contributed by atoms with van der Waals surface area (Å²) in [5.74, 6) is -10.9. The number of aliphatic carboxylic acids is 4. The fraction of sp³-hybridized carbons (Fsp3) is 0.627. The van der Waals surface area contributed by atoms with Gasteiger partial charge < -0.3 is 122 Å². The van der Waals surface area contributed by atoms with Crippen LogP contribution >= 0.6 is 0 Å². The minimum absolute atomic E-state index is 0.0633. The number of β-amino-alcohol motifs (C(OH)–C–C–N with tert-alkyl or cyclic N) is 1. The van der Waals surface area contributed by atoms with Gasteiger partial charge in [0.2, 0.25) is 5.91 Å². The Morgan fingerprint density at radius 3 is 1.65 bits per heavy atom. The van der Waals surface area contributed by atoms with Gasteiger partial charge in [0, 0.05) is 95.5 Å². The highest BCUT2D eigenvalue weighted by Gasteiger charge is 2.52. The molecule has 1 aromatic carbocycles. The molecule has 1 amide bonds. The second-order valence-electron chi connectivity index (χ2n) is 27.6. The van der Waals surface area contributed by atoms with E-state index in [0.717, 1.165) is 5.69 Å². The molecule has 5 rings (SSSR count). The number of hydrogen-bond acceptors (Lipinski definition) is 27. The number of carbonyl (C=O) groups excluding carboxylic acids is 4. The van der Waals surface area contributed by atoms with E-state index in [0.29, 0.717) is 31.6 Å². The molecule has 21 N–H and O–H groups in total. The Labute approximate surface area is 629 Å². The molecule has 2 bridgehead atoms. The summed E-state index contributed by atoms with van der Waals surface area (Å²) in [6.07, 6.45) is 2.95. The number of carboxylic acids is 4. The topological polar surface area (TPSA) is 547 Å². The highest BCUT2D eigenvalue weighted by Crippen LogP contribution is 2.39. The summed E-state index contributed by atoms with van der Waals surface area (Å²) in [6, 6.07) is 4.04. The molecule has 33 nitrogen and oxygen atoms in total. The molecule has 16 unspecified atom stereocenters. The number of piperazine rings is 1. The predicted molar refractivity (Wildman–Crippen MR) is 392 cm³/mol. The van der Waals surface area contributed by atoms with Crippen LogP contribution in [0.1, 0.15) is 121 Å². The molecule has 4 aliphatic rings. The number of cyclic esters (lactones) is 1. The summed E-state index contributed by atoms with van der Waals surface area (Å²) in [5, 5.41) is 162. The summed E-state index contributed by atoms with van der Waals surface area (Å²) in [6.45, 7) is 7.13. The van der Waals surface area contributed by atoms with E-state index in [1.807, 2.05) is 30.9 Å². The van der Waals surface area contributed by atoms with Gasteiger partial charge in [0.05, 0.1) is 92.8 Å². The van der Waals surface area contributed by atoms with Crippen molar-refractivity contribution >= 4 is 53.0 Å². The predicted octanol–water partition coefficient (Wildman–Crippen LogP) is -0.652. The molecule has 3 fully saturated rings. The van der Waals surface area contributed by atoms with Crippen LogP contribution in [0.3, 0.4) is 0 Å². The van der Waals surface area contributed by atoms with Crippen LogP contribution in [-0.4, -0.2) is 304 Å². The lowest BCUT2D eigenvalue weighted by atomic mass is 9.81. The molecule has 0 aromatic heterocycles. The van der Waals surface area contributed by atoms with Gasteiger partial charge in [-0.25, -0.2) is 0 Å². The van der Waals surface area contributed by atoms with Crippen molar-refractivity contribution in [2.45, 2.75) is 220 Å². The number of benzene rings is 1. The van der Waals surface area contributed by atoms with Crippen molar-refractivity contribution in [1.29, 1.82) is 0 Å². The summed E-state index contributed by atoms with van der Waals surface area (Å²) in [4.78, 5) is 97.7. The summed E-state index contributed by atoms with van der Waals surface area (Å²) in [7, 11) is 4.58. The molecule has 21 atom stereocenters. The second kappa shape index (κ2) is 49.7. The third kappa shape index (κ3) is 35.6. The van der Waals surface area contributed by atoms with E-state index in [4.69, 9.17) is 39.4 Å². The first-order chi connectivity index (χ1) is 51.0. The average Bonchev–Trinajstić information content (AvgIpc) is 0.784. The van der Waals surface area contributed by atoms with E-state index >= 15 is 0 Å². The number of aliphatic hydroxyl groups is 11. The number of likely N-dealkylation sites (N-methyl/N-ethyl adjacent to an activating group) is 2. The van der Waals surface area contributed by atoms with E-state index in [1.54, 1.807) is 116 Å². The summed E-state index contributed by atoms with van der Waals surface area (Å²) < 4.78 is 24.6. The van der Waals surface area contributed by atoms with Crippen molar-refractivity contribution < 1.29 is 140 Å². The number of ketones is 2. The zero-order valence-electron chi connectivity index (χ0n) is 62.3. The first kappa shape index (κ1) is 94.8. The molecule has 3 saturated heterocycles. The number of anilines is 1. The minimum atomic E-state index is -2.29. The number of fused-ring (bicyclic) bond motifs is 2. The van der Waals surface area contributed by atoms with Crippen molar-refractivity contribution in [3.05, 3.63) is 115 Å². The number of nitrogens with zero attached hydrogens (tertiary/aromatic N) is 2. The number of allylic oxidation sites excluding steroid dienone is 12. The van der Waals surface area contributed by atoms with Crippen LogP contribution in [0.15, 0.2) is 109 Å². The van der Waals surface area contributed by atoms with E-state index in [9.17, 15) is 94.5 Å².